The van der Waals surface area contributed by atoms with Gasteiger partial charge in [-0.05, 0) is 44.0 Å². The maximum Gasteiger partial charge on any atom is 0.336 e. The van der Waals surface area contributed by atoms with Crippen LogP contribution < -0.4 is 16.6 Å². The third kappa shape index (κ3) is 3.53. The summed E-state index contributed by atoms with van der Waals surface area (Å²) in [6.07, 6.45) is 5.29. The summed E-state index contributed by atoms with van der Waals surface area (Å²) in [7, 11) is 0. The number of nitrogens with one attached hydrogen (secondary N) is 1. The standard InChI is InChI=1S/C25H25N3O4/c1-16-11-13-18(14-12-16)28-24(30)23-22(19-9-5-6-10-20(19)32-23)27(25(28)31)15-21(29)26-17-7-3-2-4-8-17/h5-6,9-14,17H,2-4,7-8,15H2,1H3,(H,26,29). The van der Waals surface area contributed by atoms with Gasteiger partial charge in [0.05, 0.1) is 5.69 Å². The Balaban J connectivity index is 1.68. The number of fused-ring (bicyclic) bond motifs is 3. The number of hydrogen-bond donors (Lipinski definition) is 1. The molecule has 1 N–H and O–H groups in total. The van der Waals surface area contributed by atoms with Gasteiger partial charge in [0.15, 0.2) is 0 Å². The molecule has 164 valence electrons. The third-order valence-electron chi connectivity index (χ3n) is 6.22. The van der Waals surface area contributed by atoms with Gasteiger partial charge in [-0.25, -0.2) is 9.36 Å². The zero-order valence-electron chi connectivity index (χ0n) is 18.0. The van der Waals surface area contributed by atoms with Crippen molar-refractivity contribution in [2.24, 2.45) is 0 Å². The molecule has 0 atom stereocenters. The Bertz CT molecular complexity index is 1420. The van der Waals surface area contributed by atoms with Gasteiger partial charge >= 0.3 is 11.2 Å². The third-order valence-corrected chi connectivity index (χ3v) is 6.22. The number of furan rings is 1. The number of para-hydroxylation sites is 1. The molecule has 4 aromatic rings. The van der Waals surface area contributed by atoms with E-state index in [0.29, 0.717) is 22.2 Å². The van der Waals surface area contributed by atoms with Crippen LogP contribution in [-0.4, -0.2) is 21.1 Å². The Morgan fingerprint density at radius 2 is 1.75 bits per heavy atom. The zero-order valence-corrected chi connectivity index (χ0v) is 18.0. The fourth-order valence-corrected chi connectivity index (χ4v) is 4.58. The van der Waals surface area contributed by atoms with Gasteiger partial charge in [0, 0.05) is 11.4 Å². The van der Waals surface area contributed by atoms with Crippen molar-refractivity contribution in [1.29, 1.82) is 0 Å². The first-order valence-electron chi connectivity index (χ1n) is 11.1. The Kier molecular flexibility index (Phi) is 5.17. The molecule has 0 unspecified atom stereocenters. The molecule has 2 aromatic heterocycles. The summed E-state index contributed by atoms with van der Waals surface area (Å²) in [5.74, 6) is -0.236. The summed E-state index contributed by atoms with van der Waals surface area (Å²) in [6, 6.07) is 14.4. The fourth-order valence-electron chi connectivity index (χ4n) is 4.58. The molecule has 2 aromatic carbocycles. The molecular weight excluding hydrogens is 406 g/mol. The van der Waals surface area contributed by atoms with Crippen LogP contribution in [0.15, 0.2) is 62.5 Å². The Morgan fingerprint density at radius 3 is 2.50 bits per heavy atom. The first-order valence-corrected chi connectivity index (χ1v) is 11.1. The van der Waals surface area contributed by atoms with Crippen LogP contribution in [-0.2, 0) is 11.3 Å². The number of benzene rings is 2. The van der Waals surface area contributed by atoms with Crippen molar-refractivity contribution < 1.29 is 9.21 Å². The summed E-state index contributed by atoms with van der Waals surface area (Å²) in [5, 5.41) is 3.70. The minimum absolute atomic E-state index is 0.0665. The molecule has 0 bridgehead atoms. The molecule has 0 aliphatic heterocycles. The maximum absolute atomic E-state index is 13.6. The van der Waals surface area contributed by atoms with Crippen LogP contribution in [0.3, 0.4) is 0 Å². The summed E-state index contributed by atoms with van der Waals surface area (Å²) < 4.78 is 8.31. The lowest BCUT2D eigenvalue weighted by Gasteiger charge is -2.23. The van der Waals surface area contributed by atoms with Crippen LogP contribution in [0.1, 0.15) is 37.7 Å². The average molecular weight is 431 g/mol. The van der Waals surface area contributed by atoms with E-state index < -0.39 is 11.2 Å². The summed E-state index contributed by atoms with van der Waals surface area (Å²) in [4.78, 5) is 39.8. The molecule has 1 aliphatic rings. The second-order valence-electron chi connectivity index (χ2n) is 8.52. The quantitative estimate of drug-likeness (QED) is 0.534. The van der Waals surface area contributed by atoms with Gasteiger partial charge < -0.3 is 9.73 Å². The molecule has 0 radical (unpaired) electrons. The van der Waals surface area contributed by atoms with E-state index in [1.54, 1.807) is 30.3 Å². The van der Waals surface area contributed by atoms with Gasteiger partial charge in [0.2, 0.25) is 11.5 Å². The molecule has 0 saturated heterocycles. The highest BCUT2D eigenvalue weighted by Gasteiger charge is 2.23. The smallest absolute Gasteiger partial charge is 0.336 e. The predicted octanol–water partition coefficient (Wildman–Crippen LogP) is 3.66. The molecular formula is C25H25N3O4. The largest absolute Gasteiger partial charge is 0.449 e. The van der Waals surface area contributed by atoms with E-state index in [1.165, 1.54) is 11.0 Å². The van der Waals surface area contributed by atoms with Crippen LogP contribution in [0.5, 0.6) is 0 Å². The van der Waals surface area contributed by atoms with E-state index in [9.17, 15) is 14.4 Å². The van der Waals surface area contributed by atoms with Crippen LogP contribution in [0.2, 0.25) is 0 Å². The molecule has 1 saturated carbocycles. The second-order valence-corrected chi connectivity index (χ2v) is 8.52. The number of aromatic nitrogens is 2. The molecule has 1 aliphatic carbocycles. The highest BCUT2D eigenvalue weighted by molar-refractivity contribution is 6.02. The molecule has 7 heteroatoms. The van der Waals surface area contributed by atoms with E-state index in [4.69, 9.17) is 4.42 Å². The number of amides is 1. The Hall–Kier alpha value is -3.61. The number of hydrogen-bond acceptors (Lipinski definition) is 4. The zero-order chi connectivity index (χ0) is 22.2. The summed E-state index contributed by atoms with van der Waals surface area (Å²) in [5.41, 5.74) is 1.29. The van der Waals surface area contributed by atoms with Crippen molar-refractivity contribution >= 4 is 28.0 Å². The molecule has 0 spiro atoms. The Morgan fingerprint density at radius 1 is 1.03 bits per heavy atom. The number of carbonyl (C=O) groups excluding carboxylic acids is 1. The first kappa shape index (κ1) is 20.3. The lowest BCUT2D eigenvalue weighted by Crippen LogP contribution is -2.43. The number of carbonyl (C=O) groups is 1. The molecule has 32 heavy (non-hydrogen) atoms. The van der Waals surface area contributed by atoms with Gasteiger partial charge in [-0.3, -0.25) is 14.2 Å². The van der Waals surface area contributed by atoms with Crippen molar-refractivity contribution in [1.82, 2.24) is 14.5 Å². The van der Waals surface area contributed by atoms with Crippen molar-refractivity contribution in [3.05, 3.63) is 74.9 Å². The van der Waals surface area contributed by atoms with Crippen molar-refractivity contribution in [3.63, 3.8) is 0 Å². The lowest BCUT2D eigenvalue weighted by molar-refractivity contribution is -0.122. The van der Waals surface area contributed by atoms with E-state index >= 15 is 0 Å². The van der Waals surface area contributed by atoms with Crippen molar-refractivity contribution in [2.45, 2.75) is 51.6 Å². The number of nitrogens with zero attached hydrogens (tertiary/aromatic N) is 2. The summed E-state index contributed by atoms with van der Waals surface area (Å²) in [6.45, 7) is 1.75. The van der Waals surface area contributed by atoms with Gasteiger partial charge in [-0.2, -0.15) is 0 Å². The number of aryl methyl sites for hydroxylation is 1. The van der Waals surface area contributed by atoms with Gasteiger partial charge in [0.25, 0.3) is 0 Å². The van der Waals surface area contributed by atoms with Crippen LogP contribution in [0.4, 0.5) is 0 Å². The van der Waals surface area contributed by atoms with E-state index in [-0.39, 0.29) is 24.1 Å². The average Bonchev–Trinajstić information content (AvgIpc) is 3.19. The van der Waals surface area contributed by atoms with Gasteiger partial charge in [0.1, 0.15) is 17.6 Å². The maximum atomic E-state index is 13.6. The normalized spacial score (nSPS) is 14.8. The highest BCUT2D eigenvalue weighted by atomic mass is 16.3. The highest BCUT2D eigenvalue weighted by Crippen LogP contribution is 2.26. The SMILES string of the molecule is Cc1ccc(-n2c(=O)c3oc4ccccc4c3n(CC(=O)NC3CCCCC3)c2=O)cc1. The van der Waals surface area contributed by atoms with Crippen LogP contribution in [0.25, 0.3) is 27.8 Å². The van der Waals surface area contributed by atoms with Gasteiger partial charge in [-0.1, -0.05) is 49.1 Å². The first-order chi connectivity index (χ1) is 15.5. The van der Waals surface area contributed by atoms with Gasteiger partial charge in [-0.15, -0.1) is 0 Å². The Labute approximate surface area is 184 Å². The molecule has 1 fully saturated rings. The van der Waals surface area contributed by atoms with Crippen LogP contribution in [0, 0.1) is 6.92 Å². The topological polar surface area (TPSA) is 86.2 Å². The predicted molar refractivity (Wildman–Crippen MR) is 123 cm³/mol. The minimum atomic E-state index is -0.559. The van der Waals surface area contributed by atoms with Crippen molar-refractivity contribution in [3.8, 4) is 5.69 Å². The van der Waals surface area contributed by atoms with E-state index in [2.05, 4.69) is 5.32 Å². The molecule has 1 amide bonds. The van der Waals surface area contributed by atoms with E-state index in [0.717, 1.165) is 35.8 Å². The second kappa shape index (κ2) is 8.15. The van der Waals surface area contributed by atoms with Crippen molar-refractivity contribution in [2.75, 3.05) is 0 Å². The van der Waals surface area contributed by atoms with E-state index in [1.807, 2.05) is 25.1 Å². The number of rotatable bonds is 4. The monoisotopic (exact) mass is 431 g/mol. The van der Waals surface area contributed by atoms with Crippen LogP contribution >= 0.6 is 0 Å². The lowest BCUT2D eigenvalue weighted by atomic mass is 9.95. The molecule has 7 nitrogen and oxygen atoms in total. The molecule has 5 rings (SSSR count). The minimum Gasteiger partial charge on any atom is -0.449 e. The molecule has 2 heterocycles. The summed E-state index contributed by atoms with van der Waals surface area (Å²) >= 11 is 0. The fraction of sp³-hybridized carbons (Fsp3) is 0.320.